The van der Waals surface area contributed by atoms with E-state index in [4.69, 9.17) is 27.5 Å². The maximum absolute atomic E-state index is 13.8. The summed E-state index contributed by atoms with van der Waals surface area (Å²) in [5.74, 6) is -0.556. The number of benzene rings is 2. The molecule has 0 atom stereocenters. The van der Waals surface area contributed by atoms with Gasteiger partial charge in [0, 0.05) is 4.47 Å². The van der Waals surface area contributed by atoms with Gasteiger partial charge in [-0.1, -0.05) is 33.6 Å². The van der Waals surface area contributed by atoms with Crippen molar-refractivity contribution in [1.82, 2.24) is 0 Å². The molecule has 0 amide bonds. The molecule has 0 heterocycles. The lowest BCUT2D eigenvalue weighted by Crippen LogP contribution is -2.12. The fourth-order valence-corrected chi connectivity index (χ4v) is 1.99. The lowest BCUT2D eigenvalue weighted by Gasteiger charge is -2.11. The Morgan fingerprint density at radius 2 is 2.00 bits per heavy atom. The predicted molar refractivity (Wildman–Crippen MR) is 76.6 cm³/mol. The molecule has 0 radical (unpaired) electrons. The Morgan fingerprint density at radius 1 is 1.26 bits per heavy atom. The minimum Gasteiger partial charge on any atom is -0.453 e. The van der Waals surface area contributed by atoms with E-state index < -0.39 is 5.82 Å². The number of hydrogen-bond donors (Lipinski definition) is 2. The molecule has 2 rings (SSSR count). The molecule has 2 aromatic rings. The zero-order valence-corrected chi connectivity index (χ0v) is 11.9. The zero-order valence-electron chi connectivity index (χ0n) is 9.58. The Bertz CT molecular complexity index is 649. The van der Waals surface area contributed by atoms with Gasteiger partial charge in [0.2, 0.25) is 0 Å². The standard InChI is InChI=1S/C13H9BrClFN2O/c14-7-4-5-8(13(17)18)11(6-7)19-10-3-1-2-9(15)12(10)16/h1-6H,(H3,17,18). The van der Waals surface area contributed by atoms with Crippen LogP contribution in [0.2, 0.25) is 5.02 Å². The molecule has 0 aliphatic carbocycles. The van der Waals surface area contributed by atoms with Crippen LogP contribution in [0.1, 0.15) is 5.56 Å². The van der Waals surface area contributed by atoms with E-state index in [-0.39, 0.29) is 22.4 Å². The van der Waals surface area contributed by atoms with Crippen LogP contribution < -0.4 is 10.5 Å². The summed E-state index contributed by atoms with van der Waals surface area (Å²) in [7, 11) is 0. The molecule has 0 unspecified atom stereocenters. The first-order valence-electron chi connectivity index (χ1n) is 5.25. The highest BCUT2D eigenvalue weighted by Gasteiger charge is 2.12. The van der Waals surface area contributed by atoms with E-state index in [9.17, 15) is 4.39 Å². The van der Waals surface area contributed by atoms with Crippen molar-refractivity contribution >= 4 is 33.4 Å². The number of rotatable bonds is 3. The monoisotopic (exact) mass is 342 g/mol. The molecular formula is C13H9BrClFN2O. The van der Waals surface area contributed by atoms with Crippen LogP contribution in [-0.2, 0) is 0 Å². The molecule has 0 saturated carbocycles. The van der Waals surface area contributed by atoms with Crippen molar-refractivity contribution in [2.75, 3.05) is 0 Å². The van der Waals surface area contributed by atoms with Crippen molar-refractivity contribution in [2.45, 2.75) is 0 Å². The third-order valence-corrected chi connectivity index (χ3v) is 3.16. The summed E-state index contributed by atoms with van der Waals surface area (Å²) in [6.45, 7) is 0. The summed E-state index contributed by atoms with van der Waals surface area (Å²) < 4.78 is 20.0. The molecule has 0 saturated heterocycles. The first-order chi connectivity index (χ1) is 8.99. The van der Waals surface area contributed by atoms with Crippen molar-refractivity contribution in [3.05, 3.63) is 57.3 Å². The number of nitrogens with one attached hydrogen (secondary N) is 1. The van der Waals surface area contributed by atoms with Crippen molar-refractivity contribution < 1.29 is 9.13 Å². The number of nitrogen functional groups attached to an aromatic ring is 1. The van der Waals surface area contributed by atoms with Crippen molar-refractivity contribution in [2.24, 2.45) is 5.73 Å². The van der Waals surface area contributed by atoms with Crippen LogP contribution in [0, 0.1) is 11.2 Å². The van der Waals surface area contributed by atoms with Gasteiger partial charge >= 0.3 is 0 Å². The Morgan fingerprint density at radius 3 is 2.68 bits per heavy atom. The smallest absolute Gasteiger partial charge is 0.184 e. The van der Waals surface area contributed by atoms with Gasteiger partial charge in [-0.05, 0) is 30.3 Å². The van der Waals surface area contributed by atoms with E-state index in [1.165, 1.54) is 12.1 Å². The lowest BCUT2D eigenvalue weighted by molar-refractivity contribution is 0.441. The van der Waals surface area contributed by atoms with Gasteiger partial charge < -0.3 is 10.5 Å². The molecule has 0 aliphatic heterocycles. The number of halogens is 3. The van der Waals surface area contributed by atoms with Gasteiger partial charge in [-0.2, -0.15) is 0 Å². The van der Waals surface area contributed by atoms with E-state index in [1.807, 2.05) is 0 Å². The molecule has 0 bridgehead atoms. The van der Waals surface area contributed by atoms with Crippen molar-refractivity contribution in [3.8, 4) is 11.5 Å². The average Bonchev–Trinajstić information content (AvgIpc) is 2.35. The number of amidine groups is 1. The second-order valence-corrected chi connectivity index (χ2v) is 5.03. The molecule has 98 valence electrons. The van der Waals surface area contributed by atoms with Crippen LogP contribution in [0.15, 0.2) is 40.9 Å². The van der Waals surface area contributed by atoms with E-state index >= 15 is 0 Å². The minimum absolute atomic E-state index is 0.0203. The molecule has 0 spiro atoms. The molecule has 19 heavy (non-hydrogen) atoms. The molecule has 0 aromatic heterocycles. The molecule has 3 N–H and O–H groups in total. The molecule has 3 nitrogen and oxygen atoms in total. The Labute approximate surface area is 122 Å². The Balaban J connectivity index is 2.45. The zero-order chi connectivity index (χ0) is 14.0. The van der Waals surface area contributed by atoms with Gasteiger partial charge in [0.05, 0.1) is 10.6 Å². The topological polar surface area (TPSA) is 59.1 Å². The van der Waals surface area contributed by atoms with E-state index in [2.05, 4.69) is 15.9 Å². The van der Waals surface area contributed by atoms with E-state index in [1.54, 1.807) is 24.3 Å². The van der Waals surface area contributed by atoms with Gasteiger partial charge in [-0.25, -0.2) is 4.39 Å². The second kappa shape index (κ2) is 5.59. The first-order valence-corrected chi connectivity index (χ1v) is 6.42. The summed E-state index contributed by atoms with van der Waals surface area (Å²) in [5.41, 5.74) is 5.83. The molecule has 2 aromatic carbocycles. The summed E-state index contributed by atoms with van der Waals surface area (Å²) in [5, 5.41) is 7.44. The third-order valence-electron chi connectivity index (χ3n) is 2.37. The maximum atomic E-state index is 13.8. The Hall–Kier alpha value is -1.59. The predicted octanol–water partition coefficient (Wildman–Crippen LogP) is 4.32. The first kappa shape index (κ1) is 13.8. The van der Waals surface area contributed by atoms with Crippen molar-refractivity contribution in [1.29, 1.82) is 5.41 Å². The Kier molecular flexibility index (Phi) is 4.07. The molecule has 0 aliphatic rings. The number of nitrogens with two attached hydrogens (primary N) is 1. The highest BCUT2D eigenvalue weighted by Crippen LogP contribution is 2.32. The number of hydrogen-bond acceptors (Lipinski definition) is 2. The van der Waals surface area contributed by atoms with Gasteiger partial charge in [0.25, 0.3) is 0 Å². The molecular weight excluding hydrogens is 335 g/mol. The van der Waals surface area contributed by atoms with E-state index in [0.717, 1.165) is 4.47 Å². The normalized spacial score (nSPS) is 10.3. The third kappa shape index (κ3) is 3.05. The fraction of sp³-hybridized carbons (Fsp3) is 0. The van der Waals surface area contributed by atoms with Crippen LogP contribution >= 0.6 is 27.5 Å². The van der Waals surface area contributed by atoms with Crippen LogP contribution in [-0.4, -0.2) is 5.84 Å². The fourth-order valence-electron chi connectivity index (χ4n) is 1.48. The van der Waals surface area contributed by atoms with Crippen molar-refractivity contribution in [3.63, 3.8) is 0 Å². The van der Waals surface area contributed by atoms with Crippen LogP contribution in [0.5, 0.6) is 11.5 Å². The van der Waals surface area contributed by atoms with Gasteiger partial charge in [-0.15, -0.1) is 0 Å². The summed E-state index contributed by atoms with van der Waals surface area (Å²) in [6.07, 6.45) is 0. The highest BCUT2D eigenvalue weighted by atomic mass is 79.9. The largest absolute Gasteiger partial charge is 0.453 e. The van der Waals surface area contributed by atoms with Gasteiger partial charge in [0.15, 0.2) is 11.6 Å². The average molecular weight is 344 g/mol. The van der Waals surface area contributed by atoms with Crippen LogP contribution in [0.3, 0.4) is 0 Å². The van der Waals surface area contributed by atoms with Crippen LogP contribution in [0.4, 0.5) is 4.39 Å². The minimum atomic E-state index is -0.654. The lowest BCUT2D eigenvalue weighted by atomic mass is 10.2. The quantitative estimate of drug-likeness (QED) is 0.644. The summed E-state index contributed by atoms with van der Waals surface area (Å²) >= 11 is 8.96. The second-order valence-electron chi connectivity index (χ2n) is 3.71. The number of ether oxygens (including phenoxy) is 1. The van der Waals surface area contributed by atoms with E-state index in [0.29, 0.717) is 5.56 Å². The SMILES string of the molecule is N=C(N)c1ccc(Br)cc1Oc1cccc(Cl)c1F. The van der Waals surface area contributed by atoms with Crippen LogP contribution in [0.25, 0.3) is 0 Å². The maximum Gasteiger partial charge on any atom is 0.184 e. The summed E-state index contributed by atoms with van der Waals surface area (Å²) in [6, 6.07) is 9.40. The highest BCUT2D eigenvalue weighted by molar-refractivity contribution is 9.10. The van der Waals surface area contributed by atoms with Gasteiger partial charge in [-0.3, -0.25) is 5.41 Å². The molecule has 0 fully saturated rings. The summed E-state index contributed by atoms with van der Waals surface area (Å²) in [4.78, 5) is 0. The molecule has 6 heteroatoms. The van der Waals surface area contributed by atoms with Gasteiger partial charge in [0.1, 0.15) is 11.6 Å².